The van der Waals surface area contributed by atoms with E-state index < -0.39 is 17.9 Å². The van der Waals surface area contributed by atoms with E-state index in [2.05, 4.69) is 15.5 Å². The number of nitrogens with zero attached hydrogens (tertiary/aromatic N) is 3. The summed E-state index contributed by atoms with van der Waals surface area (Å²) in [4.78, 5) is 24.3. The largest absolute Gasteiger partial charge is 0.485 e. The molecule has 0 radical (unpaired) electrons. The first kappa shape index (κ1) is 16.4. The molecule has 2 amide bonds. The molecule has 4 rings (SSSR count). The van der Waals surface area contributed by atoms with Crippen molar-refractivity contribution in [2.24, 2.45) is 0 Å². The van der Waals surface area contributed by atoms with Gasteiger partial charge in [0.1, 0.15) is 6.61 Å². The monoisotopic (exact) mass is 370 g/mol. The molecule has 8 nitrogen and oxygen atoms in total. The summed E-state index contributed by atoms with van der Waals surface area (Å²) >= 11 is 1.19. The number of thioether (sulfide) groups is 1. The minimum absolute atomic E-state index is 0.0333. The molecule has 2 aromatic heterocycles. The Morgan fingerprint density at radius 1 is 1.15 bits per heavy atom. The molecule has 132 valence electrons. The number of carbonyl (C=O) groups is 2. The fourth-order valence-corrected chi connectivity index (χ4v) is 3.18. The van der Waals surface area contributed by atoms with Crippen molar-refractivity contribution in [2.45, 2.75) is 11.3 Å². The lowest BCUT2D eigenvalue weighted by atomic mass is 10.2. The average Bonchev–Trinajstić information content (AvgIpc) is 3.09. The zero-order valence-corrected chi connectivity index (χ0v) is 14.3. The Balaban J connectivity index is 1.33. The molecule has 0 bridgehead atoms. The molecular formula is C17H14N4O4S. The van der Waals surface area contributed by atoms with Crippen molar-refractivity contribution in [3.05, 3.63) is 48.7 Å². The van der Waals surface area contributed by atoms with Crippen molar-refractivity contribution in [1.82, 2.24) is 19.9 Å². The first-order valence-corrected chi connectivity index (χ1v) is 8.84. The van der Waals surface area contributed by atoms with E-state index in [1.54, 1.807) is 22.6 Å². The summed E-state index contributed by atoms with van der Waals surface area (Å²) in [5.74, 6) is 0.130. The molecule has 3 aromatic rings. The summed E-state index contributed by atoms with van der Waals surface area (Å²) in [6.07, 6.45) is 0.943. The van der Waals surface area contributed by atoms with Crippen LogP contribution in [0.15, 0.2) is 53.8 Å². The third kappa shape index (κ3) is 3.33. The number of imide groups is 1. The lowest BCUT2D eigenvalue weighted by molar-refractivity contribution is -0.135. The Kier molecular flexibility index (Phi) is 4.44. The SMILES string of the molecule is O=C(CSc1nnc2ccccn12)NC(=O)[C@H]1COc2ccccc2O1. The molecule has 9 heteroatoms. The van der Waals surface area contributed by atoms with Gasteiger partial charge in [-0.15, -0.1) is 10.2 Å². The first-order valence-electron chi connectivity index (χ1n) is 7.85. The van der Waals surface area contributed by atoms with Gasteiger partial charge in [-0.3, -0.25) is 19.3 Å². The minimum Gasteiger partial charge on any atom is -0.485 e. The number of nitrogens with one attached hydrogen (secondary N) is 1. The predicted molar refractivity (Wildman–Crippen MR) is 93.2 cm³/mol. The van der Waals surface area contributed by atoms with E-state index in [9.17, 15) is 9.59 Å². The van der Waals surface area contributed by atoms with Crippen molar-refractivity contribution in [3.8, 4) is 11.5 Å². The molecule has 1 aromatic carbocycles. The Labute approximate surface area is 152 Å². The van der Waals surface area contributed by atoms with E-state index in [-0.39, 0.29) is 12.4 Å². The second kappa shape index (κ2) is 7.04. The Bertz CT molecular complexity index is 974. The average molecular weight is 370 g/mol. The van der Waals surface area contributed by atoms with Crippen LogP contribution in [-0.2, 0) is 9.59 Å². The highest BCUT2D eigenvalue weighted by atomic mass is 32.2. The summed E-state index contributed by atoms with van der Waals surface area (Å²) in [5.41, 5.74) is 0.693. The van der Waals surface area contributed by atoms with Crippen molar-refractivity contribution in [2.75, 3.05) is 12.4 Å². The number of hydrogen-bond donors (Lipinski definition) is 1. The third-order valence-electron chi connectivity index (χ3n) is 3.68. The van der Waals surface area contributed by atoms with Crippen LogP contribution in [0, 0.1) is 0 Å². The number of rotatable bonds is 4. The molecule has 0 saturated carbocycles. The van der Waals surface area contributed by atoms with E-state index >= 15 is 0 Å². The molecule has 1 atom stereocenters. The number of pyridine rings is 1. The topological polar surface area (TPSA) is 94.8 Å². The highest BCUT2D eigenvalue weighted by Gasteiger charge is 2.28. The quantitative estimate of drug-likeness (QED) is 0.692. The fourth-order valence-electron chi connectivity index (χ4n) is 2.45. The van der Waals surface area contributed by atoms with Gasteiger partial charge in [-0.25, -0.2) is 0 Å². The van der Waals surface area contributed by atoms with Crippen LogP contribution >= 0.6 is 11.8 Å². The van der Waals surface area contributed by atoms with Crippen molar-refractivity contribution in [1.29, 1.82) is 0 Å². The van der Waals surface area contributed by atoms with Crippen LogP contribution in [0.25, 0.3) is 5.65 Å². The number of ether oxygens (including phenoxy) is 2. The maximum atomic E-state index is 12.2. The summed E-state index contributed by atoms with van der Waals surface area (Å²) in [6.45, 7) is 0.0537. The lowest BCUT2D eigenvalue weighted by Gasteiger charge is -2.25. The molecule has 1 aliphatic heterocycles. The second-order valence-electron chi connectivity index (χ2n) is 5.48. The first-order chi connectivity index (χ1) is 12.7. The van der Waals surface area contributed by atoms with Gasteiger partial charge >= 0.3 is 0 Å². The maximum Gasteiger partial charge on any atom is 0.271 e. The van der Waals surface area contributed by atoms with Crippen LogP contribution in [0.5, 0.6) is 11.5 Å². The summed E-state index contributed by atoms with van der Waals surface area (Å²) in [5, 5.41) is 10.9. The molecule has 1 aliphatic rings. The second-order valence-corrected chi connectivity index (χ2v) is 6.42. The number of fused-ring (bicyclic) bond motifs is 2. The summed E-state index contributed by atoms with van der Waals surface area (Å²) < 4.78 is 12.8. The number of amides is 2. The molecule has 26 heavy (non-hydrogen) atoms. The van der Waals surface area contributed by atoms with Gasteiger partial charge in [0.25, 0.3) is 5.91 Å². The standard InChI is InChI=1S/C17H14N4O4S/c22-15(10-26-17-20-19-14-7-3-4-8-21(14)17)18-16(23)13-9-24-11-5-1-2-6-12(11)25-13/h1-8,13H,9-10H2,(H,18,22,23)/t13-/m1/s1. The maximum absolute atomic E-state index is 12.2. The van der Waals surface area contributed by atoms with Gasteiger partial charge in [-0.1, -0.05) is 30.0 Å². The zero-order chi connectivity index (χ0) is 17.9. The summed E-state index contributed by atoms with van der Waals surface area (Å²) in [6, 6.07) is 12.6. The number of aromatic nitrogens is 3. The zero-order valence-electron chi connectivity index (χ0n) is 13.5. The van der Waals surface area contributed by atoms with Gasteiger partial charge < -0.3 is 9.47 Å². The molecule has 0 spiro atoms. The van der Waals surface area contributed by atoms with E-state index in [1.807, 2.05) is 30.5 Å². The Morgan fingerprint density at radius 2 is 1.96 bits per heavy atom. The smallest absolute Gasteiger partial charge is 0.271 e. The minimum atomic E-state index is -0.868. The van der Waals surface area contributed by atoms with Crippen LogP contribution in [0.2, 0.25) is 0 Å². The van der Waals surface area contributed by atoms with Gasteiger partial charge in [0, 0.05) is 6.20 Å². The van der Waals surface area contributed by atoms with Gasteiger partial charge in [0.05, 0.1) is 5.75 Å². The van der Waals surface area contributed by atoms with Crippen LogP contribution in [-0.4, -0.2) is 44.9 Å². The van der Waals surface area contributed by atoms with E-state index in [4.69, 9.17) is 9.47 Å². The fraction of sp³-hybridized carbons (Fsp3) is 0.176. The summed E-state index contributed by atoms with van der Waals surface area (Å²) in [7, 11) is 0. The van der Waals surface area contributed by atoms with Crippen molar-refractivity contribution in [3.63, 3.8) is 0 Å². The normalized spacial score (nSPS) is 15.6. The predicted octanol–water partition coefficient (Wildman–Crippen LogP) is 1.30. The van der Waals surface area contributed by atoms with E-state index in [0.717, 1.165) is 0 Å². The highest BCUT2D eigenvalue weighted by molar-refractivity contribution is 7.99. The number of hydrogen-bond acceptors (Lipinski definition) is 7. The number of para-hydroxylation sites is 2. The van der Waals surface area contributed by atoms with Crippen LogP contribution in [0.1, 0.15) is 0 Å². The Hall–Kier alpha value is -3.07. The van der Waals surface area contributed by atoms with Crippen molar-refractivity contribution >= 4 is 29.2 Å². The Morgan fingerprint density at radius 3 is 2.85 bits per heavy atom. The molecule has 0 aliphatic carbocycles. The van der Waals surface area contributed by atoms with Crippen LogP contribution < -0.4 is 14.8 Å². The molecule has 0 unspecified atom stereocenters. The van der Waals surface area contributed by atoms with Crippen molar-refractivity contribution < 1.29 is 19.1 Å². The molecule has 0 saturated heterocycles. The molecule has 1 N–H and O–H groups in total. The number of carbonyl (C=O) groups excluding carboxylic acids is 2. The number of benzene rings is 1. The molecule has 0 fully saturated rings. The van der Waals surface area contributed by atoms with Gasteiger partial charge in [0.15, 0.2) is 22.3 Å². The van der Waals surface area contributed by atoms with Crippen LogP contribution in [0.3, 0.4) is 0 Å². The van der Waals surface area contributed by atoms with Gasteiger partial charge in [0.2, 0.25) is 12.0 Å². The van der Waals surface area contributed by atoms with Gasteiger partial charge in [-0.2, -0.15) is 0 Å². The van der Waals surface area contributed by atoms with E-state index in [1.165, 1.54) is 11.8 Å². The lowest BCUT2D eigenvalue weighted by Crippen LogP contribution is -2.46. The molecular weight excluding hydrogens is 356 g/mol. The highest BCUT2D eigenvalue weighted by Crippen LogP contribution is 2.30. The third-order valence-corrected chi connectivity index (χ3v) is 4.62. The van der Waals surface area contributed by atoms with E-state index in [0.29, 0.717) is 22.3 Å². The van der Waals surface area contributed by atoms with Gasteiger partial charge in [-0.05, 0) is 24.3 Å². The van der Waals surface area contributed by atoms with Crippen LogP contribution in [0.4, 0.5) is 0 Å². The molecule has 3 heterocycles.